The highest BCUT2D eigenvalue weighted by Crippen LogP contribution is 2.40. The number of hydrogen-bond donors (Lipinski definition) is 3. The molecule has 1 aromatic carbocycles. The minimum atomic E-state index is -4.56. The molecule has 1 amide bonds. The zero-order chi connectivity index (χ0) is 28.7. The number of carbonyl (C=O) groups is 1. The highest BCUT2D eigenvalue weighted by atomic mass is 19.4. The lowest BCUT2D eigenvalue weighted by Crippen LogP contribution is -2.50. The van der Waals surface area contributed by atoms with Gasteiger partial charge in [0.2, 0.25) is 5.95 Å². The number of piperidine rings is 1. The molecule has 13 heteroatoms. The van der Waals surface area contributed by atoms with Crippen molar-refractivity contribution in [1.29, 1.82) is 0 Å². The smallest absolute Gasteiger partial charge is 0.418 e. The molecule has 3 N–H and O–H groups in total. The lowest BCUT2D eigenvalue weighted by Gasteiger charge is -2.40. The summed E-state index contributed by atoms with van der Waals surface area (Å²) < 4.78 is 52.3. The number of nitrogens with zero attached hydrogens (tertiary/aromatic N) is 4. The molecule has 3 aliphatic heterocycles. The third-order valence-electron chi connectivity index (χ3n) is 7.91. The van der Waals surface area contributed by atoms with Crippen LogP contribution in [0.15, 0.2) is 18.3 Å². The number of anilines is 3. The van der Waals surface area contributed by atoms with E-state index < -0.39 is 11.7 Å². The number of rotatable bonds is 6. The van der Waals surface area contributed by atoms with Crippen molar-refractivity contribution < 1.29 is 27.4 Å². The Morgan fingerprint density at radius 2 is 1.85 bits per heavy atom. The summed E-state index contributed by atoms with van der Waals surface area (Å²) in [4.78, 5) is 29.3. The van der Waals surface area contributed by atoms with Crippen molar-refractivity contribution in [2.75, 3.05) is 56.6 Å². The summed E-state index contributed by atoms with van der Waals surface area (Å²) in [6, 6.07) is 3.85. The molecule has 0 unspecified atom stereocenters. The molecule has 3 aliphatic rings. The fraction of sp³-hybridized carbons (Fsp3) is 0.536. The summed E-state index contributed by atoms with van der Waals surface area (Å²) in [6.45, 7) is 8.88. The first-order valence-corrected chi connectivity index (χ1v) is 14.1. The van der Waals surface area contributed by atoms with Gasteiger partial charge in [-0.25, -0.2) is 0 Å². The van der Waals surface area contributed by atoms with Crippen LogP contribution in [0.2, 0.25) is 0 Å². The van der Waals surface area contributed by atoms with Gasteiger partial charge in [0.15, 0.2) is 0 Å². The van der Waals surface area contributed by atoms with Crippen molar-refractivity contribution in [2.24, 2.45) is 0 Å². The maximum absolute atomic E-state index is 13.6. The van der Waals surface area contributed by atoms with Crippen molar-refractivity contribution >= 4 is 34.4 Å². The minimum absolute atomic E-state index is 0.00844. The van der Waals surface area contributed by atoms with Gasteiger partial charge in [0.1, 0.15) is 17.2 Å². The van der Waals surface area contributed by atoms with Gasteiger partial charge in [-0.1, -0.05) is 0 Å². The highest BCUT2D eigenvalue weighted by molar-refractivity contribution is 5.98. The van der Waals surface area contributed by atoms with Gasteiger partial charge in [-0.2, -0.15) is 23.1 Å². The third-order valence-corrected chi connectivity index (χ3v) is 7.91. The first-order valence-electron chi connectivity index (χ1n) is 14.1. The molecule has 6 rings (SSSR count). The van der Waals surface area contributed by atoms with Crippen LogP contribution in [0.3, 0.4) is 0 Å². The average Bonchev–Trinajstić information content (AvgIpc) is 3.62. The van der Waals surface area contributed by atoms with Crippen molar-refractivity contribution in [2.45, 2.75) is 51.4 Å². The number of amides is 1. The van der Waals surface area contributed by atoms with Crippen LogP contribution in [-0.4, -0.2) is 88.7 Å². The van der Waals surface area contributed by atoms with E-state index in [1.54, 1.807) is 12.1 Å². The van der Waals surface area contributed by atoms with Gasteiger partial charge < -0.3 is 30.0 Å². The van der Waals surface area contributed by atoms with Crippen molar-refractivity contribution in [3.63, 3.8) is 0 Å². The molecule has 41 heavy (non-hydrogen) atoms. The molecule has 0 aliphatic carbocycles. The molecule has 2 fully saturated rings. The van der Waals surface area contributed by atoms with E-state index in [2.05, 4.69) is 30.5 Å². The molecule has 3 aromatic rings. The number of H-pyrrole nitrogens is 1. The van der Waals surface area contributed by atoms with E-state index in [1.807, 2.05) is 18.7 Å². The number of hydrogen-bond acceptors (Lipinski definition) is 8. The number of aromatic amines is 1. The van der Waals surface area contributed by atoms with Crippen LogP contribution in [0.4, 0.5) is 30.6 Å². The molecule has 5 heterocycles. The lowest BCUT2D eigenvalue weighted by atomic mass is 9.99. The first-order chi connectivity index (χ1) is 19.7. The molecular formula is C28H34F3N7O3. The molecule has 2 saturated heterocycles. The number of carbonyl (C=O) groups excluding carboxylic acids is 1. The van der Waals surface area contributed by atoms with Crippen LogP contribution in [0.1, 0.15) is 48.2 Å². The summed E-state index contributed by atoms with van der Waals surface area (Å²) in [5, 5.41) is 6.01. The number of fused-ring (bicyclic) bond motifs is 2. The zero-order valence-corrected chi connectivity index (χ0v) is 23.1. The molecule has 0 spiro atoms. The molecule has 2 aromatic heterocycles. The number of nitrogens with one attached hydrogen (secondary N) is 3. The Kier molecular flexibility index (Phi) is 7.41. The lowest BCUT2D eigenvalue weighted by molar-refractivity contribution is -0.136. The maximum atomic E-state index is 13.6. The van der Waals surface area contributed by atoms with Crippen molar-refractivity contribution in [3.05, 3.63) is 35.0 Å². The van der Waals surface area contributed by atoms with Crippen LogP contribution in [0.5, 0.6) is 5.75 Å². The Balaban J connectivity index is 1.23. The van der Waals surface area contributed by atoms with Gasteiger partial charge in [-0.15, -0.1) is 0 Å². The Morgan fingerprint density at radius 1 is 1.10 bits per heavy atom. The van der Waals surface area contributed by atoms with Gasteiger partial charge in [0, 0.05) is 62.0 Å². The van der Waals surface area contributed by atoms with Crippen LogP contribution in [0.25, 0.3) is 11.0 Å². The average molecular weight is 574 g/mol. The maximum Gasteiger partial charge on any atom is 0.418 e. The van der Waals surface area contributed by atoms with Crippen molar-refractivity contribution in [1.82, 2.24) is 24.8 Å². The van der Waals surface area contributed by atoms with Crippen molar-refractivity contribution in [3.8, 4) is 5.75 Å². The largest absolute Gasteiger partial charge is 0.491 e. The van der Waals surface area contributed by atoms with E-state index in [1.165, 1.54) is 0 Å². The van der Waals surface area contributed by atoms with Gasteiger partial charge in [0.25, 0.3) is 5.91 Å². The predicted octanol–water partition coefficient (Wildman–Crippen LogP) is 4.41. The topological polar surface area (TPSA) is 108 Å². The molecule has 10 nitrogen and oxygen atoms in total. The number of alkyl halides is 3. The molecule has 0 saturated carbocycles. The number of likely N-dealkylation sites (tertiary alicyclic amines) is 1. The second-order valence-electron chi connectivity index (χ2n) is 11.0. The molecular weight excluding hydrogens is 539 g/mol. The van der Waals surface area contributed by atoms with E-state index in [9.17, 15) is 18.0 Å². The number of morpholine rings is 1. The predicted molar refractivity (Wildman–Crippen MR) is 148 cm³/mol. The minimum Gasteiger partial charge on any atom is -0.491 e. The Labute approximate surface area is 235 Å². The number of aromatic nitrogens is 3. The van der Waals surface area contributed by atoms with E-state index >= 15 is 0 Å². The second-order valence-corrected chi connectivity index (χ2v) is 11.0. The molecule has 0 atom stereocenters. The normalized spacial score (nSPS) is 18.5. The Bertz CT molecular complexity index is 1430. The third kappa shape index (κ3) is 5.52. The van der Waals surface area contributed by atoms with Crippen LogP contribution >= 0.6 is 0 Å². The van der Waals surface area contributed by atoms with Gasteiger partial charge in [0.05, 0.1) is 36.5 Å². The van der Waals surface area contributed by atoms with Gasteiger partial charge in [-0.05, 0) is 38.8 Å². The molecule has 220 valence electrons. The Hall–Kier alpha value is -3.58. The van der Waals surface area contributed by atoms with E-state index in [0.717, 1.165) is 50.9 Å². The molecule has 0 radical (unpaired) electrons. The Morgan fingerprint density at radius 3 is 2.56 bits per heavy atom. The molecule has 0 bridgehead atoms. The summed E-state index contributed by atoms with van der Waals surface area (Å²) in [5.41, 5.74) is 1.21. The number of benzene rings is 1. The van der Waals surface area contributed by atoms with Crippen LogP contribution < -0.4 is 15.4 Å². The van der Waals surface area contributed by atoms with Crippen LogP contribution in [0, 0.1) is 0 Å². The monoisotopic (exact) mass is 573 g/mol. The van der Waals surface area contributed by atoms with E-state index in [4.69, 9.17) is 9.47 Å². The van der Waals surface area contributed by atoms with E-state index in [-0.39, 0.29) is 34.7 Å². The SMILES string of the molecule is CC(C)Nc1nc(Nc2ccc(C(=O)N3CCC(N4CCOCC4)CC3)c3c2OCC3)nc2[nH]cc(C(F)(F)F)c12. The van der Waals surface area contributed by atoms with Gasteiger partial charge >= 0.3 is 6.18 Å². The van der Waals surface area contributed by atoms with E-state index in [0.29, 0.717) is 49.2 Å². The first kappa shape index (κ1) is 27.6. The standard InChI is InChI=1S/C28H34F3N7O3/c1-16(2)33-25-22-20(28(29,30)31)15-32-24(22)35-27(36-25)34-21-4-3-19(18-7-12-41-23(18)21)26(39)38-8-5-17(6-9-38)37-10-13-40-14-11-37/h3-4,15-17H,5-14H2,1-2H3,(H3,32,33,34,35,36). The van der Waals surface area contributed by atoms with Gasteiger partial charge in [-0.3, -0.25) is 9.69 Å². The summed E-state index contributed by atoms with van der Waals surface area (Å²) in [5.74, 6) is 0.721. The fourth-order valence-corrected chi connectivity index (χ4v) is 5.95. The fourth-order valence-electron chi connectivity index (χ4n) is 5.95. The number of ether oxygens (including phenoxy) is 2. The summed E-state index contributed by atoms with van der Waals surface area (Å²) in [6.07, 6.45) is -1.20. The highest BCUT2D eigenvalue weighted by Gasteiger charge is 2.36. The second kappa shape index (κ2) is 11.0. The summed E-state index contributed by atoms with van der Waals surface area (Å²) >= 11 is 0. The quantitative estimate of drug-likeness (QED) is 0.398. The van der Waals surface area contributed by atoms with Crippen LogP contribution in [-0.2, 0) is 17.3 Å². The number of halogens is 3. The zero-order valence-electron chi connectivity index (χ0n) is 23.1. The summed E-state index contributed by atoms with van der Waals surface area (Å²) in [7, 11) is 0.